The number of nitrogens with one attached hydrogen (secondary N) is 1. The summed E-state index contributed by atoms with van der Waals surface area (Å²) in [6.45, 7) is 0. The molecule has 0 saturated heterocycles. The molecular formula is C9H8ClNO2. The first-order valence-corrected chi connectivity index (χ1v) is 3.98. The Balaban J connectivity index is 2.69. The first kappa shape index (κ1) is 9.77. The minimum atomic E-state index is -0.560. The third-order valence-corrected chi connectivity index (χ3v) is 1.66. The first-order valence-electron chi connectivity index (χ1n) is 3.60. The van der Waals surface area contributed by atoms with Crippen molar-refractivity contribution in [1.82, 2.24) is 5.48 Å². The van der Waals surface area contributed by atoms with Crippen molar-refractivity contribution < 1.29 is 10.0 Å². The van der Waals surface area contributed by atoms with E-state index < -0.39 is 5.91 Å². The standard InChI is InChI=1S/C9H8ClNO2/c10-8-4-1-7(2-5-8)3-6-9(12)11-13/h1-6,13H,(H,11,12). The normalized spacial score (nSPS) is 10.3. The lowest BCUT2D eigenvalue weighted by Crippen LogP contribution is -2.14. The minimum absolute atomic E-state index is 0.560. The topological polar surface area (TPSA) is 49.3 Å². The van der Waals surface area contributed by atoms with Gasteiger partial charge in [0, 0.05) is 11.1 Å². The monoisotopic (exact) mass is 197 g/mol. The van der Waals surface area contributed by atoms with Gasteiger partial charge in [0.15, 0.2) is 0 Å². The average molecular weight is 198 g/mol. The van der Waals surface area contributed by atoms with Crippen LogP contribution in [0, 0.1) is 0 Å². The molecular weight excluding hydrogens is 190 g/mol. The second kappa shape index (κ2) is 4.64. The number of hydrogen-bond acceptors (Lipinski definition) is 2. The van der Waals surface area contributed by atoms with Crippen molar-refractivity contribution in [2.45, 2.75) is 0 Å². The fourth-order valence-corrected chi connectivity index (χ4v) is 0.909. The Kier molecular flexibility index (Phi) is 3.49. The molecule has 0 aliphatic heterocycles. The second-order valence-electron chi connectivity index (χ2n) is 2.36. The molecule has 0 unspecified atom stereocenters. The molecule has 0 fully saturated rings. The molecule has 0 heterocycles. The van der Waals surface area contributed by atoms with E-state index in [0.29, 0.717) is 5.02 Å². The fourth-order valence-electron chi connectivity index (χ4n) is 0.783. The zero-order chi connectivity index (χ0) is 9.68. The molecule has 1 rings (SSSR count). The predicted octanol–water partition coefficient (Wildman–Crippen LogP) is 1.86. The fraction of sp³-hybridized carbons (Fsp3) is 0. The SMILES string of the molecule is O=C(C=Cc1ccc(Cl)cc1)NO. The summed E-state index contributed by atoms with van der Waals surface area (Å²) in [6.07, 6.45) is 2.80. The Morgan fingerprint density at radius 3 is 2.54 bits per heavy atom. The molecule has 13 heavy (non-hydrogen) atoms. The number of amides is 1. The molecule has 2 N–H and O–H groups in total. The van der Waals surface area contributed by atoms with Gasteiger partial charge in [-0.25, -0.2) is 5.48 Å². The molecule has 1 aromatic rings. The number of benzene rings is 1. The lowest BCUT2D eigenvalue weighted by molar-refractivity contribution is -0.124. The van der Waals surface area contributed by atoms with Crippen molar-refractivity contribution in [2.24, 2.45) is 0 Å². The van der Waals surface area contributed by atoms with Crippen molar-refractivity contribution in [2.75, 3.05) is 0 Å². The molecule has 1 amide bonds. The summed E-state index contributed by atoms with van der Waals surface area (Å²) >= 11 is 5.66. The maximum absolute atomic E-state index is 10.6. The molecule has 0 aromatic heterocycles. The van der Waals surface area contributed by atoms with Gasteiger partial charge >= 0.3 is 0 Å². The summed E-state index contributed by atoms with van der Waals surface area (Å²) < 4.78 is 0. The van der Waals surface area contributed by atoms with Crippen molar-refractivity contribution in [3.63, 3.8) is 0 Å². The molecule has 68 valence electrons. The lowest BCUT2D eigenvalue weighted by Gasteiger charge is -1.92. The molecule has 1 aromatic carbocycles. The van der Waals surface area contributed by atoms with Gasteiger partial charge < -0.3 is 0 Å². The molecule has 0 saturated carbocycles. The van der Waals surface area contributed by atoms with Crippen LogP contribution in [0.5, 0.6) is 0 Å². The summed E-state index contributed by atoms with van der Waals surface area (Å²) in [7, 11) is 0. The van der Waals surface area contributed by atoms with Gasteiger partial charge in [0.05, 0.1) is 0 Å². The number of halogens is 1. The third kappa shape index (κ3) is 3.27. The second-order valence-corrected chi connectivity index (χ2v) is 2.80. The Morgan fingerprint density at radius 1 is 1.38 bits per heavy atom. The molecule has 0 aliphatic carbocycles. The Hall–Kier alpha value is -1.32. The van der Waals surface area contributed by atoms with Crippen LogP contribution in [0.3, 0.4) is 0 Å². The van der Waals surface area contributed by atoms with Crippen LogP contribution in [0.15, 0.2) is 30.3 Å². The molecule has 0 bridgehead atoms. The van der Waals surface area contributed by atoms with Crippen LogP contribution in [0.2, 0.25) is 5.02 Å². The van der Waals surface area contributed by atoms with E-state index >= 15 is 0 Å². The highest BCUT2D eigenvalue weighted by atomic mass is 35.5. The Morgan fingerprint density at radius 2 is 2.00 bits per heavy atom. The molecule has 4 heteroatoms. The average Bonchev–Trinajstić information content (AvgIpc) is 2.16. The van der Waals surface area contributed by atoms with Crippen molar-refractivity contribution in [3.05, 3.63) is 40.9 Å². The van der Waals surface area contributed by atoms with E-state index in [-0.39, 0.29) is 0 Å². The van der Waals surface area contributed by atoms with Gasteiger partial charge in [-0.3, -0.25) is 10.0 Å². The summed E-state index contributed by atoms with van der Waals surface area (Å²) in [6, 6.07) is 6.98. The van der Waals surface area contributed by atoms with Crippen LogP contribution in [-0.2, 0) is 4.79 Å². The van der Waals surface area contributed by atoms with Gasteiger partial charge in [-0.05, 0) is 23.8 Å². The van der Waals surface area contributed by atoms with Gasteiger partial charge in [0.25, 0.3) is 5.91 Å². The number of hydrogen-bond donors (Lipinski definition) is 2. The lowest BCUT2D eigenvalue weighted by atomic mass is 10.2. The largest absolute Gasteiger partial charge is 0.288 e. The van der Waals surface area contributed by atoms with Gasteiger partial charge in [-0.2, -0.15) is 0 Å². The van der Waals surface area contributed by atoms with Gasteiger partial charge in [-0.15, -0.1) is 0 Å². The highest BCUT2D eigenvalue weighted by Crippen LogP contribution is 2.10. The molecule has 0 atom stereocenters. The predicted molar refractivity (Wildman–Crippen MR) is 50.4 cm³/mol. The van der Waals surface area contributed by atoms with Crippen LogP contribution >= 0.6 is 11.6 Å². The van der Waals surface area contributed by atoms with Crippen molar-refractivity contribution in [3.8, 4) is 0 Å². The van der Waals surface area contributed by atoms with Crippen LogP contribution in [-0.4, -0.2) is 11.1 Å². The molecule has 0 spiro atoms. The van der Waals surface area contributed by atoms with E-state index in [4.69, 9.17) is 16.8 Å². The van der Waals surface area contributed by atoms with Gasteiger partial charge in [0.2, 0.25) is 0 Å². The maximum atomic E-state index is 10.6. The summed E-state index contributed by atoms with van der Waals surface area (Å²) in [5, 5.41) is 8.83. The Labute approximate surface area is 80.6 Å². The zero-order valence-corrected chi connectivity index (χ0v) is 7.45. The van der Waals surface area contributed by atoms with E-state index in [1.807, 2.05) is 0 Å². The molecule has 0 aliphatic rings. The summed E-state index contributed by atoms with van der Waals surface area (Å²) in [5.74, 6) is -0.560. The van der Waals surface area contributed by atoms with E-state index in [0.717, 1.165) is 5.56 Å². The molecule has 3 nitrogen and oxygen atoms in total. The highest BCUT2D eigenvalue weighted by molar-refractivity contribution is 6.30. The van der Waals surface area contributed by atoms with E-state index in [1.165, 1.54) is 11.6 Å². The van der Waals surface area contributed by atoms with E-state index in [2.05, 4.69) is 0 Å². The third-order valence-electron chi connectivity index (χ3n) is 1.41. The minimum Gasteiger partial charge on any atom is -0.288 e. The number of rotatable bonds is 2. The van der Waals surface area contributed by atoms with Crippen LogP contribution in [0.1, 0.15) is 5.56 Å². The van der Waals surface area contributed by atoms with Crippen molar-refractivity contribution in [1.29, 1.82) is 0 Å². The summed E-state index contributed by atoms with van der Waals surface area (Å²) in [5.41, 5.74) is 2.34. The highest BCUT2D eigenvalue weighted by Gasteiger charge is 1.91. The van der Waals surface area contributed by atoms with E-state index in [1.54, 1.807) is 30.3 Å². The number of carbonyl (C=O) groups excluding carboxylic acids is 1. The van der Waals surface area contributed by atoms with Crippen LogP contribution in [0.4, 0.5) is 0 Å². The van der Waals surface area contributed by atoms with Crippen LogP contribution < -0.4 is 5.48 Å². The zero-order valence-electron chi connectivity index (χ0n) is 6.70. The number of hydroxylamine groups is 1. The van der Waals surface area contributed by atoms with Crippen LogP contribution in [0.25, 0.3) is 6.08 Å². The Bertz CT molecular complexity index is 319. The van der Waals surface area contributed by atoms with Gasteiger partial charge in [0.1, 0.15) is 0 Å². The quantitative estimate of drug-likeness (QED) is 0.432. The number of carbonyl (C=O) groups is 1. The van der Waals surface area contributed by atoms with Gasteiger partial charge in [-0.1, -0.05) is 23.7 Å². The smallest absolute Gasteiger partial charge is 0.267 e. The summed E-state index contributed by atoms with van der Waals surface area (Å²) in [4.78, 5) is 10.6. The maximum Gasteiger partial charge on any atom is 0.267 e. The molecule has 0 radical (unpaired) electrons. The van der Waals surface area contributed by atoms with Crippen molar-refractivity contribution >= 4 is 23.6 Å². The first-order chi connectivity index (χ1) is 6.22. The van der Waals surface area contributed by atoms with E-state index in [9.17, 15) is 4.79 Å².